The molecule has 0 spiro atoms. The molecule has 1 rings (SSSR count). The quantitative estimate of drug-likeness (QED) is 0.643. The number of rotatable bonds is 2. The van der Waals surface area contributed by atoms with E-state index in [2.05, 4.69) is 26.8 Å². The van der Waals surface area contributed by atoms with E-state index in [0.717, 1.165) is 6.42 Å². The Morgan fingerprint density at radius 3 is 2.67 bits per heavy atom. The molecule has 1 aliphatic rings. The minimum Gasteiger partial charge on any atom is -0.481 e. The fourth-order valence-electron chi connectivity index (χ4n) is 1.75. The van der Waals surface area contributed by atoms with Gasteiger partial charge >= 0.3 is 5.97 Å². The van der Waals surface area contributed by atoms with Crippen molar-refractivity contribution in [1.29, 1.82) is 0 Å². The second-order valence-corrected chi connectivity index (χ2v) is 4.14. The molecule has 0 amide bonds. The number of aliphatic carboxylic acids is 1. The Kier molecular flexibility index (Phi) is 2.27. The topological polar surface area (TPSA) is 37.3 Å². The van der Waals surface area contributed by atoms with Gasteiger partial charge in [0.05, 0.1) is 0 Å². The Bertz CT molecular complexity index is 226. The van der Waals surface area contributed by atoms with Gasteiger partial charge in [-0.2, -0.15) is 0 Å². The molecule has 0 bridgehead atoms. The minimum absolute atomic E-state index is 0.0817. The highest BCUT2D eigenvalue weighted by Crippen LogP contribution is 2.44. The second-order valence-electron chi connectivity index (χ2n) is 4.14. The van der Waals surface area contributed by atoms with Crippen molar-refractivity contribution in [2.45, 2.75) is 33.6 Å². The van der Waals surface area contributed by atoms with Crippen LogP contribution in [0.15, 0.2) is 11.6 Å². The predicted octanol–water partition coefficient (Wildman–Crippen LogP) is 2.45. The molecule has 2 heteroatoms. The lowest BCUT2D eigenvalue weighted by molar-refractivity contribution is -0.138. The third-order valence-electron chi connectivity index (χ3n) is 3.17. The number of allylic oxidation sites excluding steroid dienone is 2. The summed E-state index contributed by atoms with van der Waals surface area (Å²) in [6.07, 6.45) is 3.37. The zero-order chi connectivity index (χ0) is 9.35. The molecule has 1 atom stereocenters. The monoisotopic (exact) mass is 168 g/mol. The maximum absolute atomic E-state index is 10.5. The van der Waals surface area contributed by atoms with Gasteiger partial charge in [-0.1, -0.05) is 25.5 Å². The molecule has 0 aliphatic heterocycles. The molecule has 1 aliphatic carbocycles. The smallest absolute Gasteiger partial charge is 0.303 e. The molecule has 0 fully saturated rings. The summed E-state index contributed by atoms with van der Waals surface area (Å²) < 4.78 is 0. The van der Waals surface area contributed by atoms with Gasteiger partial charge in [0.1, 0.15) is 0 Å². The van der Waals surface area contributed by atoms with E-state index in [1.807, 2.05) is 0 Å². The Morgan fingerprint density at radius 2 is 2.33 bits per heavy atom. The number of carboxylic acid groups (broad SMARTS) is 1. The lowest BCUT2D eigenvalue weighted by atomic mass is 9.76. The van der Waals surface area contributed by atoms with E-state index in [1.54, 1.807) is 0 Å². The highest BCUT2D eigenvalue weighted by Gasteiger charge is 2.35. The first-order chi connectivity index (χ1) is 5.44. The third-order valence-corrected chi connectivity index (χ3v) is 3.17. The number of carboxylic acids is 1. The van der Waals surface area contributed by atoms with E-state index in [1.165, 1.54) is 5.57 Å². The maximum atomic E-state index is 10.5. The Labute approximate surface area is 73.3 Å². The van der Waals surface area contributed by atoms with Gasteiger partial charge in [0.25, 0.3) is 0 Å². The predicted molar refractivity (Wildman–Crippen MR) is 47.9 cm³/mol. The van der Waals surface area contributed by atoms with Crippen LogP contribution in [0.5, 0.6) is 0 Å². The van der Waals surface area contributed by atoms with Crippen molar-refractivity contribution in [2.75, 3.05) is 0 Å². The van der Waals surface area contributed by atoms with Crippen molar-refractivity contribution in [3.63, 3.8) is 0 Å². The van der Waals surface area contributed by atoms with Crippen molar-refractivity contribution in [3.05, 3.63) is 11.6 Å². The summed E-state index contributed by atoms with van der Waals surface area (Å²) in [5.74, 6) is -0.397. The average molecular weight is 168 g/mol. The highest BCUT2D eigenvalue weighted by molar-refractivity contribution is 5.67. The number of hydrogen-bond donors (Lipinski definition) is 1. The summed E-state index contributed by atoms with van der Waals surface area (Å²) in [5.41, 5.74) is 1.41. The molecule has 12 heavy (non-hydrogen) atoms. The van der Waals surface area contributed by atoms with E-state index in [9.17, 15) is 4.79 Å². The molecule has 0 saturated carbocycles. The normalized spacial score (nSPS) is 26.9. The van der Waals surface area contributed by atoms with Crippen LogP contribution in [0, 0.1) is 11.3 Å². The van der Waals surface area contributed by atoms with Gasteiger partial charge in [-0.25, -0.2) is 0 Å². The van der Waals surface area contributed by atoms with Crippen LogP contribution in [-0.4, -0.2) is 11.1 Å². The van der Waals surface area contributed by atoms with Gasteiger partial charge in [-0.3, -0.25) is 4.79 Å². The van der Waals surface area contributed by atoms with Crippen LogP contribution in [-0.2, 0) is 4.79 Å². The third kappa shape index (κ3) is 1.52. The van der Waals surface area contributed by atoms with E-state index < -0.39 is 5.97 Å². The van der Waals surface area contributed by atoms with Crippen LogP contribution < -0.4 is 0 Å². The molecule has 0 heterocycles. The second kappa shape index (κ2) is 2.92. The zero-order valence-electron chi connectivity index (χ0n) is 7.92. The fourth-order valence-corrected chi connectivity index (χ4v) is 1.75. The summed E-state index contributed by atoms with van der Waals surface area (Å²) in [6.45, 7) is 6.33. The largest absolute Gasteiger partial charge is 0.481 e. The lowest BCUT2D eigenvalue weighted by Gasteiger charge is -2.28. The van der Waals surface area contributed by atoms with Crippen molar-refractivity contribution < 1.29 is 9.90 Å². The van der Waals surface area contributed by atoms with Crippen molar-refractivity contribution in [2.24, 2.45) is 11.3 Å². The molecule has 68 valence electrons. The molecule has 0 unspecified atom stereocenters. The molecule has 0 aromatic carbocycles. The van der Waals surface area contributed by atoms with Crippen LogP contribution in [0.1, 0.15) is 33.6 Å². The summed E-state index contributed by atoms with van der Waals surface area (Å²) in [7, 11) is 0. The summed E-state index contributed by atoms with van der Waals surface area (Å²) in [4.78, 5) is 10.5. The molecular weight excluding hydrogens is 152 g/mol. The van der Waals surface area contributed by atoms with E-state index in [-0.39, 0.29) is 11.3 Å². The molecule has 0 aromatic heterocycles. The van der Waals surface area contributed by atoms with Gasteiger partial charge < -0.3 is 5.11 Å². The van der Waals surface area contributed by atoms with Crippen LogP contribution in [0.2, 0.25) is 0 Å². The van der Waals surface area contributed by atoms with Crippen LogP contribution in [0.25, 0.3) is 0 Å². The van der Waals surface area contributed by atoms with Crippen LogP contribution >= 0.6 is 0 Å². The molecule has 2 nitrogen and oxygen atoms in total. The first kappa shape index (κ1) is 9.30. The first-order valence-corrected chi connectivity index (χ1v) is 4.33. The lowest BCUT2D eigenvalue weighted by Crippen LogP contribution is -2.22. The van der Waals surface area contributed by atoms with Crippen molar-refractivity contribution in [1.82, 2.24) is 0 Å². The molecular formula is C10H16O2. The standard InChI is InChI=1S/C10H16O2/c1-7-4-5-8(6-9(11)12)10(7,2)3/h4,8H,5-6H2,1-3H3,(H,11,12)/t8-/m1/s1. The van der Waals surface area contributed by atoms with Crippen LogP contribution in [0.4, 0.5) is 0 Å². The van der Waals surface area contributed by atoms with E-state index in [0.29, 0.717) is 6.42 Å². The molecule has 0 radical (unpaired) electrons. The Hall–Kier alpha value is -0.790. The summed E-state index contributed by atoms with van der Waals surface area (Å²) >= 11 is 0. The number of hydrogen-bond acceptors (Lipinski definition) is 1. The highest BCUT2D eigenvalue weighted by atomic mass is 16.4. The van der Waals surface area contributed by atoms with Crippen molar-refractivity contribution in [3.8, 4) is 0 Å². The van der Waals surface area contributed by atoms with Crippen LogP contribution in [0.3, 0.4) is 0 Å². The average Bonchev–Trinajstić information content (AvgIpc) is 2.15. The SMILES string of the molecule is CC1=CC[C@H](CC(=O)O)C1(C)C. The van der Waals surface area contributed by atoms with Gasteiger partial charge in [0.2, 0.25) is 0 Å². The van der Waals surface area contributed by atoms with Gasteiger partial charge in [0.15, 0.2) is 0 Å². The minimum atomic E-state index is -0.684. The maximum Gasteiger partial charge on any atom is 0.303 e. The zero-order valence-corrected chi connectivity index (χ0v) is 7.92. The first-order valence-electron chi connectivity index (χ1n) is 4.33. The number of carbonyl (C=O) groups is 1. The molecule has 0 aromatic rings. The van der Waals surface area contributed by atoms with E-state index >= 15 is 0 Å². The van der Waals surface area contributed by atoms with Gasteiger partial charge in [-0.15, -0.1) is 0 Å². The van der Waals surface area contributed by atoms with Gasteiger partial charge in [0, 0.05) is 6.42 Å². The summed E-state index contributed by atoms with van der Waals surface area (Å²) in [6, 6.07) is 0. The summed E-state index contributed by atoms with van der Waals surface area (Å²) in [5, 5.41) is 8.67. The van der Waals surface area contributed by atoms with Gasteiger partial charge in [-0.05, 0) is 24.7 Å². The molecule has 0 saturated heterocycles. The van der Waals surface area contributed by atoms with E-state index in [4.69, 9.17) is 5.11 Å². The van der Waals surface area contributed by atoms with Crippen molar-refractivity contribution >= 4 is 5.97 Å². The fraction of sp³-hybridized carbons (Fsp3) is 0.700. The molecule has 1 N–H and O–H groups in total. The Balaban J connectivity index is 2.67. The Morgan fingerprint density at radius 1 is 1.75 bits per heavy atom.